The minimum absolute atomic E-state index is 0.222. The number of amides is 1. The van der Waals surface area contributed by atoms with E-state index in [2.05, 4.69) is 26.2 Å². The standard InChI is InChI=1S/C13H19BrN2O3/c1-8(2)7-13(3,18)12(17)15-9-5-10(14)16-11(6-9)19-4/h5-6,8,18H,7H2,1-4H3,(H,15,16,17)/t13-/m1/s1. The molecule has 106 valence electrons. The fraction of sp³-hybridized carbons (Fsp3) is 0.538. The lowest BCUT2D eigenvalue weighted by molar-refractivity contribution is -0.133. The van der Waals surface area contributed by atoms with E-state index in [1.807, 2.05) is 13.8 Å². The van der Waals surface area contributed by atoms with Crippen LogP contribution >= 0.6 is 15.9 Å². The second-order valence-electron chi connectivity index (χ2n) is 5.05. The third-order valence-electron chi connectivity index (χ3n) is 2.53. The van der Waals surface area contributed by atoms with Crippen LogP contribution in [0.4, 0.5) is 5.69 Å². The van der Waals surface area contributed by atoms with Crippen molar-refractivity contribution in [2.45, 2.75) is 32.8 Å². The van der Waals surface area contributed by atoms with Crippen LogP contribution in [-0.2, 0) is 4.79 Å². The highest BCUT2D eigenvalue weighted by Crippen LogP contribution is 2.23. The molecule has 1 heterocycles. The number of hydrogen-bond donors (Lipinski definition) is 2. The molecule has 1 amide bonds. The zero-order valence-corrected chi connectivity index (χ0v) is 13.1. The normalized spacial score (nSPS) is 14.1. The molecule has 0 unspecified atom stereocenters. The molecule has 6 heteroatoms. The van der Waals surface area contributed by atoms with E-state index >= 15 is 0 Å². The van der Waals surface area contributed by atoms with Crippen molar-refractivity contribution in [3.63, 3.8) is 0 Å². The molecule has 1 aromatic rings. The number of nitrogens with one attached hydrogen (secondary N) is 1. The molecule has 0 fully saturated rings. The van der Waals surface area contributed by atoms with Crippen molar-refractivity contribution in [1.82, 2.24) is 4.98 Å². The molecule has 0 aliphatic carbocycles. The molecule has 0 aliphatic heterocycles. The van der Waals surface area contributed by atoms with Gasteiger partial charge in [0.1, 0.15) is 10.2 Å². The molecule has 1 atom stereocenters. The van der Waals surface area contributed by atoms with E-state index in [9.17, 15) is 9.90 Å². The quantitative estimate of drug-likeness (QED) is 0.814. The molecule has 0 aliphatic rings. The average Bonchev–Trinajstić information content (AvgIpc) is 2.26. The summed E-state index contributed by atoms with van der Waals surface area (Å²) in [6, 6.07) is 3.24. The lowest BCUT2D eigenvalue weighted by Gasteiger charge is -2.24. The predicted molar refractivity (Wildman–Crippen MR) is 77.2 cm³/mol. The Morgan fingerprint density at radius 1 is 1.58 bits per heavy atom. The van der Waals surface area contributed by atoms with Gasteiger partial charge in [0.25, 0.3) is 5.91 Å². The number of nitrogens with zero attached hydrogens (tertiary/aromatic N) is 1. The van der Waals surface area contributed by atoms with E-state index in [0.717, 1.165) is 0 Å². The number of methoxy groups -OCH3 is 1. The van der Waals surface area contributed by atoms with Crippen molar-refractivity contribution in [1.29, 1.82) is 0 Å². The highest BCUT2D eigenvalue weighted by Gasteiger charge is 2.31. The summed E-state index contributed by atoms with van der Waals surface area (Å²) in [5.41, 5.74) is -0.885. The molecule has 0 saturated heterocycles. The highest BCUT2D eigenvalue weighted by molar-refractivity contribution is 9.10. The van der Waals surface area contributed by atoms with Crippen LogP contribution in [0, 0.1) is 5.92 Å². The Morgan fingerprint density at radius 3 is 2.74 bits per heavy atom. The number of rotatable bonds is 5. The van der Waals surface area contributed by atoms with Crippen molar-refractivity contribution in [3.05, 3.63) is 16.7 Å². The topological polar surface area (TPSA) is 71.5 Å². The average molecular weight is 331 g/mol. The minimum atomic E-state index is -1.41. The third-order valence-corrected chi connectivity index (χ3v) is 2.94. The van der Waals surface area contributed by atoms with Gasteiger partial charge in [-0.05, 0) is 41.3 Å². The lowest BCUT2D eigenvalue weighted by atomic mass is 9.93. The van der Waals surface area contributed by atoms with Crippen molar-refractivity contribution in [2.24, 2.45) is 5.92 Å². The van der Waals surface area contributed by atoms with E-state index in [0.29, 0.717) is 22.6 Å². The van der Waals surface area contributed by atoms with Crippen LogP contribution in [0.25, 0.3) is 0 Å². The molecular weight excluding hydrogens is 312 g/mol. The van der Waals surface area contributed by atoms with Gasteiger partial charge in [-0.3, -0.25) is 4.79 Å². The van der Waals surface area contributed by atoms with Gasteiger partial charge in [-0.1, -0.05) is 13.8 Å². The number of carbonyl (C=O) groups excluding carboxylic acids is 1. The number of anilines is 1. The molecule has 0 bridgehead atoms. The SMILES string of the molecule is COc1cc(NC(=O)[C@](C)(O)CC(C)C)cc(Br)n1. The molecule has 2 N–H and O–H groups in total. The van der Waals surface area contributed by atoms with Crippen LogP contribution in [0.3, 0.4) is 0 Å². The molecule has 0 aromatic carbocycles. The molecule has 0 saturated carbocycles. The van der Waals surface area contributed by atoms with Crippen molar-refractivity contribution < 1.29 is 14.6 Å². The second kappa shape index (κ2) is 6.34. The Hall–Kier alpha value is -1.14. The van der Waals surface area contributed by atoms with Gasteiger partial charge in [-0.25, -0.2) is 4.98 Å². The number of hydrogen-bond acceptors (Lipinski definition) is 4. The fourth-order valence-electron chi connectivity index (χ4n) is 1.80. The smallest absolute Gasteiger partial charge is 0.256 e. The van der Waals surface area contributed by atoms with Crippen LogP contribution in [0.1, 0.15) is 27.2 Å². The minimum Gasteiger partial charge on any atom is -0.481 e. The summed E-state index contributed by atoms with van der Waals surface area (Å²) < 4.78 is 5.56. The Balaban J connectivity index is 2.84. The van der Waals surface area contributed by atoms with Gasteiger partial charge in [0.2, 0.25) is 5.88 Å². The Labute approximate surface area is 121 Å². The summed E-state index contributed by atoms with van der Waals surface area (Å²) in [5, 5.41) is 12.8. The lowest BCUT2D eigenvalue weighted by Crippen LogP contribution is -2.41. The number of aliphatic hydroxyl groups is 1. The largest absolute Gasteiger partial charge is 0.481 e. The Kier molecular flexibility index (Phi) is 5.31. The fourth-order valence-corrected chi connectivity index (χ4v) is 2.22. The van der Waals surface area contributed by atoms with Crippen LogP contribution < -0.4 is 10.1 Å². The summed E-state index contributed by atoms with van der Waals surface area (Å²) >= 11 is 3.23. The molecule has 1 aromatic heterocycles. The van der Waals surface area contributed by atoms with E-state index in [-0.39, 0.29) is 5.92 Å². The van der Waals surface area contributed by atoms with E-state index in [1.54, 1.807) is 12.1 Å². The monoisotopic (exact) mass is 330 g/mol. The number of ether oxygens (including phenoxy) is 1. The zero-order chi connectivity index (χ0) is 14.6. The summed E-state index contributed by atoms with van der Waals surface area (Å²) in [6.07, 6.45) is 0.391. The molecule has 0 radical (unpaired) electrons. The Bertz CT molecular complexity index is 461. The van der Waals surface area contributed by atoms with Crippen LogP contribution in [0.5, 0.6) is 5.88 Å². The summed E-state index contributed by atoms with van der Waals surface area (Å²) in [4.78, 5) is 16.1. The Morgan fingerprint density at radius 2 is 2.21 bits per heavy atom. The van der Waals surface area contributed by atoms with E-state index < -0.39 is 11.5 Å². The first kappa shape index (κ1) is 15.9. The van der Waals surface area contributed by atoms with Gasteiger partial charge in [0.05, 0.1) is 7.11 Å². The van der Waals surface area contributed by atoms with Crippen molar-refractivity contribution in [2.75, 3.05) is 12.4 Å². The first-order valence-corrected chi connectivity index (χ1v) is 6.79. The van der Waals surface area contributed by atoms with Gasteiger partial charge >= 0.3 is 0 Å². The van der Waals surface area contributed by atoms with E-state index in [1.165, 1.54) is 14.0 Å². The molecule has 19 heavy (non-hydrogen) atoms. The first-order valence-electron chi connectivity index (χ1n) is 6.00. The van der Waals surface area contributed by atoms with Crippen molar-refractivity contribution >= 4 is 27.5 Å². The predicted octanol–water partition coefficient (Wildman–Crippen LogP) is 2.59. The van der Waals surface area contributed by atoms with Gasteiger partial charge < -0.3 is 15.2 Å². The molecule has 1 rings (SSSR count). The number of pyridine rings is 1. The summed E-state index contributed by atoms with van der Waals surface area (Å²) in [7, 11) is 1.50. The van der Waals surface area contributed by atoms with Crippen molar-refractivity contribution in [3.8, 4) is 5.88 Å². The summed E-state index contributed by atoms with van der Waals surface area (Å²) in [5.74, 6) is 0.161. The molecular formula is C13H19BrN2O3. The van der Waals surface area contributed by atoms with Gasteiger partial charge in [-0.15, -0.1) is 0 Å². The van der Waals surface area contributed by atoms with Gasteiger partial charge in [0, 0.05) is 11.8 Å². The molecule has 5 nitrogen and oxygen atoms in total. The molecule has 0 spiro atoms. The zero-order valence-electron chi connectivity index (χ0n) is 11.5. The number of carbonyl (C=O) groups is 1. The van der Waals surface area contributed by atoms with Crippen LogP contribution in [0.2, 0.25) is 0 Å². The third kappa shape index (κ3) is 4.80. The highest BCUT2D eigenvalue weighted by atomic mass is 79.9. The van der Waals surface area contributed by atoms with Gasteiger partial charge in [-0.2, -0.15) is 0 Å². The maximum atomic E-state index is 12.0. The first-order chi connectivity index (χ1) is 8.74. The maximum absolute atomic E-state index is 12.0. The van der Waals surface area contributed by atoms with Crippen LogP contribution in [-0.4, -0.2) is 28.7 Å². The maximum Gasteiger partial charge on any atom is 0.256 e. The second-order valence-corrected chi connectivity index (χ2v) is 5.86. The van der Waals surface area contributed by atoms with Crippen LogP contribution in [0.15, 0.2) is 16.7 Å². The van der Waals surface area contributed by atoms with E-state index in [4.69, 9.17) is 4.74 Å². The number of halogens is 1. The number of aromatic nitrogens is 1. The summed E-state index contributed by atoms with van der Waals surface area (Å²) in [6.45, 7) is 5.41. The van der Waals surface area contributed by atoms with Gasteiger partial charge in [0.15, 0.2) is 0 Å².